The van der Waals surface area contributed by atoms with Gasteiger partial charge in [0.15, 0.2) is 0 Å². The van der Waals surface area contributed by atoms with E-state index >= 15 is 0 Å². The molecule has 0 radical (unpaired) electrons. The lowest BCUT2D eigenvalue weighted by molar-refractivity contribution is -0.150. The molecule has 2 heterocycles. The standard InChI is InChI=1S/C30H43N3O6S2/c1-21(15-16-33(5)6)13-14-23(3)18-26-19-28-31-25(20-40-28)10-8-11-27(32-41(36)37)30(35)38-24(4)17-22(2)9-7-12-29(34)39-26/h7,9,12-15,18,20,24,26-27,32H,8,10-11,16-17,19H2,1-6H3,(H,36,37)/b12-7-,14-13+,21-15+,22-9+,23-18+/t24-,26+,27+/m0/s1. The molecular weight excluding hydrogens is 562 g/mol. The van der Waals surface area contributed by atoms with Crippen LogP contribution in [0.25, 0.3) is 0 Å². The minimum Gasteiger partial charge on any atom is -0.461 e. The highest BCUT2D eigenvalue weighted by molar-refractivity contribution is 7.77. The third-order valence-corrected chi connectivity index (χ3v) is 7.48. The van der Waals surface area contributed by atoms with Gasteiger partial charge in [-0.05, 0) is 67.1 Å². The van der Waals surface area contributed by atoms with Crippen LogP contribution in [0.3, 0.4) is 0 Å². The number of likely N-dealkylation sites (N-methyl/N-ethyl adjacent to an activating group) is 1. The topological polar surface area (TPSA) is 118 Å². The van der Waals surface area contributed by atoms with E-state index in [2.05, 4.69) is 15.7 Å². The summed E-state index contributed by atoms with van der Waals surface area (Å²) in [7, 11) is 4.04. The molecule has 1 unspecified atom stereocenters. The number of aryl methyl sites for hydroxylation is 1. The first-order valence-electron chi connectivity index (χ1n) is 13.6. The second-order valence-corrected chi connectivity index (χ2v) is 12.2. The van der Waals surface area contributed by atoms with Gasteiger partial charge in [-0.2, -0.15) is 0 Å². The molecule has 0 aliphatic carbocycles. The fraction of sp³-hybridized carbons (Fsp3) is 0.500. The van der Waals surface area contributed by atoms with Crippen molar-refractivity contribution >= 4 is 34.5 Å². The number of fused-ring (bicyclic) bond motifs is 2. The van der Waals surface area contributed by atoms with Crippen LogP contribution in [0.5, 0.6) is 0 Å². The molecular formula is C30H43N3O6S2. The van der Waals surface area contributed by atoms with E-state index in [0.717, 1.165) is 34.0 Å². The summed E-state index contributed by atoms with van der Waals surface area (Å²) in [5.41, 5.74) is 3.85. The molecule has 0 spiro atoms. The molecule has 0 fully saturated rings. The molecule has 4 atom stereocenters. The summed E-state index contributed by atoms with van der Waals surface area (Å²) in [6, 6.07) is -0.911. The number of aromatic nitrogens is 1. The maximum Gasteiger partial charge on any atom is 0.331 e. The number of cyclic esters (lactones) is 2. The quantitative estimate of drug-likeness (QED) is 0.257. The summed E-state index contributed by atoms with van der Waals surface area (Å²) >= 11 is -0.868. The summed E-state index contributed by atoms with van der Waals surface area (Å²) in [6.45, 7) is 8.51. The van der Waals surface area contributed by atoms with E-state index in [0.29, 0.717) is 32.1 Å². The van der Waals surface area contributed by atoms with Crippen LogP contribution >= 0.6 is 11.3 Å². The van der Waals surface area contributed by atoms with E-state index in [9.17, 15) is 18.4 Å². The Bertz CT molecular complexity index is 1200. The molecule has 0 saturated heterocycles. The normalized spacial score (nSPS) is 25.5. The van der Waals surface area contributed by atoms with E-state index in [1.165, 1.54) is 17.4 Å². The Kier molecular flexibility index (Phi) is 15.1. The summed E-state index contributed by atoms with van der Waals surface area (Å²) in [5.74, 6) is -1.04. The lowest BCUT2D eigenvalue weighted by Crippen LogP contribution is -2.40. The third-order valence-electron chi connectivity index (χ3n) is 6.07. The molecule has 0 amide bonds. The second-order valence-electron chi connectivity index (χ2n) is 10.5. The summed E-state index contributed by atoms with van der Waals surface area (Å²) in [4.78, 5) is 32.2. The van der Waals surface area contributed by atoms with Gasteiger partial charge in [-0.25, -0.2) is 18.7 Å². The summed E-state index contributed by atoms with van der Waals surface area (Å²) in [5, 5.41) is 2.77. The largest absolute Gasteiger partial charge is 0.461 e. The van der Waals surface area contributed by atoms with Gasteiger partial charge < -0.3 is 14.4 Å². The number of carbonyl (C=O) groups excluding carboxylic acids is 2. The van der Waals surface area contributed by atoms with Crippen LogP contribution < -0.4 is 4.72 Å². The Morgan fingerprint density at radius 3 is 2.66 bits per heavy atom. The average molecular weight is 606 g/mol. The number of nitrogens with one attached hydrogen (secondary N) is 1. The van der Waals surface area contributed by atoms with Crippen molar-refractivity contribution in [2.75, 3.05) is 20.6 Å². The van der Waals surface area contributed by atoms with Crippen LogP contribution in [0.15, 0.2) is 64.6 Å². The molecule has 226 valence electrons. The van der Waals surface area contributed by atoms with Gasteiger partial charge in [0.2, 0.25) is 11.3 Å². The maximum atomic E-state index is 12.7. The van der Waals surface area contributed by atoms with E-state index in [1.54, 1.807) is 19.1 Å². The van der Waals surface area contributed by atoms with Crippen LogP contribution in [0, 0.1) is 0 Å². The van der Waals surface area contributed by atoms with Crippen molar-refractivity contribution in [1.29, 1.82) is 0 Å². The van der Waals surface area contributed by atoms with Crippen LogP contribution in [0.2, 0.25) is 0 Å². The van der Waals surface area contributed by atoms with Crippen LogP contribution in [-0.4, -0.2) is 69.5 Å². The predicted molar refractivity (Wildman–Crippen MR) is 165 cm³/mol. The van der Waals surface area contributed by atoms with Gasteiger partial charge in [0.05, 0.1) is 10.7 Å². The molecule has 2 rings (SSSR count). The van der Waals surface area contributed by atoms with Gasteiger partial charge in [0.25, 0.3) is 0 Å². The highest BCUT2D eigenvalue weighted by Crippen LogP contribution is 2.18. The number of hydrogen-bond donors (Lipinski definition) is 2. The molecule has 1 aromatic rings. The number of allylic oxidation sites excluding steroid dienone is 6. The van der Waals surface area contributed by atoms with Crippen LogP contribution in [-0.2, 0) is 43.2 Å². The Morgan fingerprint density at radius 1 is 1.22 bits per heavy atom. The second kappa shape index (κ2) is 18.0. The van der Waals surface area contributed by atoms with Crippen molar-refractivity contribution in [2.24, 2.45) is 0 Å². The smallest absolute Gasteiger partial charge is 0.331 e. The van der Waals surface area contributed by atoms with Crippen molar-refractivity contribution < 1.29 is 27.8 Å². The van der Waals surface area contributed by atoms with Crippen molar-refractivity contribution in [3.63, 3.8) is 0 Å². The van der Waals surface area contributed by atoms with Crippen molar-refractivity contribution in [2.45, 2.75) is 78.0 Å². The fourth-order valence-electron chi connectivity index (χ4n) is 4.03. The number of ether oxygens (including phenoxy) is 2. The molecule has 11 heteroatoms. The van der Waals surface area contributed by atoms with E-state index in [-0.39, 0.29) is 0 Å². The molecule has 0 saturated carbocycles. The molecule has 0 aromatic carbocycles. The molecule has 1 aromatic heterocycles. The molecule has 2 N–H and O–H groups in total. The summed E-state index contributed by atoms with van der Waals surface area (Å²) in [6.07, 6.45) is 14.3. The van der Waals surface area contributed by atoms with Gasteiger partial charge in [-0.15, -0.1) is 11.3 Å². The minimum atomic E-state index is -2.35. The van der Waals surface area contributed by atoms with Crippen LogP contribution in [0.4, 0.5) is 0 Å². The highest BCUT2D eigenvalue weighted by Gasteiger charge is 2.24. The zero-order valence-electron chi connectivity index (χ0n) is 24.8. The van der Waals surface area contributed by atoms with E-state index in [4.69, 9.17) is 14.5 Å². The SMILES string of the molecule is CC(/C=C/C(C)=C/[C@@H]1Cc2nc(cs2)CCC[C@@H](NS(=O)O)C(=O)O[C@@H](C)C/C(C)=C/C=C\C(=O)O1)=C\CN(C)C. The third kappa shape index (κ3) is 14.7. The Labute approximate surface area is 250 Å². The molecule has 1 aliphatic heterocycles. The fourth-order valence-corrected chi connectivity index (χ4v) is 5.36. The highest BCUT2D eigenvalue weighted by atomic mass is 32.2. The van der Waals surface area contributed by atoms with Gasteiger partial charge in [-0.1, -0.05) is 47.1 Å². The summed E-state index contributed by atoms with van der Waals surface area (Å²) < 4.78 is 34.4. The number of esters is 2. The Morgan fingerprint density at radius 2 is 1.95 bits per heavy atom. The van der Waals surface area contributed by atoms with Crippen LogP contribution in [0.1, 0.15) is 57.7 Å². The first-order valence-corrected chi connectivity index (χ1v) is 15.6. The monoisotopic (exact) mass is 605 g/mol. The average Bonchev–Trinajstić information content (AvgIpc) is 3.31. The first-order chi connectivity index (χ1) is 19.4. The Hall–Kier alpha value is -2.70. The van der Waals surface area contributed by atoms with Crippen molar-refractivity contribution in [3.05, 3.63) is 75.3 Å². The zero-order valence-corrected chi connectivity index (χ0v) is 26.4. The lowest BCUT2D eigenvalue weighted by atomic mass is 10.1. The maximum absolute atomic E-state index is 12.7. The zero-order chi connectivity index (χ0) is 30.4. The number of rotatable bonds is 7. The van der Waals surface area contributed by atoms with Gasteiger partial charge >= 0.3 is 11.9 Å². The molecule has 9 nitrogen and oxygen atoms in total. The van der Waals surface area contributed by atoms with E-state index in [1.807, 2.05) is 58.5 Å². The van der Waals surface area contributed by atoms with E-state index < -0.39 is 41.5 Å². The number of hydrogen-bond acceptors (Lipinski definition) is 8. The molecule has 1 aliphatic rings. The number of thiazole rings is 1. The minimum absolute atomic E-state index is 0.319. The van der Waals surface area contributed by atoms with Crippen molar-refractivity contribution in [1.82, 2.24) is 14.6 Å². The predicted octanol–water partition coefficient (Wildman–Crippen LogP) is 4.86. The molecule has 41 heavy (non-hydrogen) atoms. The number of nitrogens with zero attached hydrogens (tertiary/aromatic N) is 2. The van der Waals surface area contributed by atoms with Gasteiger partial charge in [0.1, 0.15) is 18.2 Å². The Balaban J connectivity index is 2.29. The van der Waals surface area contributed by atoms with Crippen molar-refractivity contribution in [3.8, 4) is 0 Å². The number of carbonyl (C=O) groups is 2. The van der Waals surface area contributed by atoms with Gasteiger partial charge in [0, 0.05) is 30.8 Å². The van der Waals surface area contributed by atoms with Gasteiger partial charge in [-0.3, -0.25) is 9.35 Å². The first kappa shape index (κ1) is 34.5. The lowest BCUT2D eigenvalue weighted by Gasteiger charge is -2.19. The molecule has 2 bridgehead atoms.